The van der Waals surface area contributed by atoms with Gasteiger partial charge in [-0.2, -0.15) is 4.31 Å². The number of nitrogens with zero attached hydrogens (tertiary/aromatic N) is 3. The van der Waals surface area contributed by atoms with Crippen LogP contribution in [0.25, 0.3) is 0 Å². The first-order chi connectivity index (χ1) is 14.4. The summed E-state index contributed by atoms with van der Waals surface area (Å²) in [5, 5.41) is 5.11. The van der Waals surface area contributed by atoms with E-state index in [1.54, 1.807) is 0 Å². The van der Waals surface area contributed by atoms with E-state index in [9.17, 15) is 17.6 Å². The lowest BCUT2D eigenvalue weighted by Gasteiger charge is -2.25. The number of carbonyl (C=O) groups excluding carboxylic acids is 1. The van der Waals surface area contributed by atoms with Gasteiger partial charge in [-0.05, 0) is 37.1 Å². The first-order valence-electron chi connectivity index (χ1n) is 9.76. The van der Waals surface area contributed by atoms with E-state index in [0.717, 1.165) is 30.9 Å². The highest BCUT2D eigenvalue weighted by Gasteiger charge is 2.39. The SMILES string of the molecule is O=C(Nc1nc(CN2CCOCC2)cs1)[C@@H]1CCCN1S(=O)(=O)c1ccc(F)cc1. The summed E-state index contributed by atoms with van der Waals surface area (Å²) in [6, 6.07) is 3.83. The van der Waals surface area contributed by atoms with Crippen LogP contribution in [0.1, 0.15) is 18.5 Å². The lowest BCUT2D eigenvalue weighted by atomic mass is 10.2. The number of anilines is 1. The molecule has 162 valence electrons. The second kappa shape index (κ2) is 9.06. The molecule has 1 aromatic carbocycles. The number of nitrogens with one attached hydrogen (secondary N) is 1. The number of hydrogen-bond acceptors (Lipinski definition) is 7. The number of rotatable bonds is 6. The van der Waals surface area contributed by atoms with Crippen molar-refractivity contribution in [1.29, 1.82) is 0 Å². The number of carbonyl (C=O) groups is 1. The van der Waals surface area contributed by atoms with E-state index < -0.39 is 27.8 Å². The molecule has 1 aromatic heterocycles. The van der Waals surface area contributed by atoms with Gasteiger partial charge in [0.2, 0.25) is 15.9 Å². The Morgan fingerprint density at radius 2 is 1.97 bits per heavy atom. The van der Waals surface area contributed by atoms with Crippen LogP contribution in [0.5, 0.6) is 0 Å². The van der Waals surface area contributed by atoms with Crippen LogP contribution in [-0.4, -0.2) is 67.4 Å². The maximum absolute atomic E-state index is 13.2. The Morgan fingerprint density at radius 3 is 2.70 bits per heavy atom. The summed E-state index contributed by atoms with van der Waals surface area (Å²) in [4.78, 5) is 19.5. The summed E-state index contributed by atoms with van der Waals surface area (Å²) in [6.07, 6.45) is 1.01. The van der Waals surface area contributed by atoms with E-state index in [0.29, 0.717) is 37.7 Å². The minimum Gasteiger partial charge on any atom is -0.379 e. The van der Waals surface area contributed by atoms with Gasteiger partial charge in [0.25, 0.3) is 0 Å². The zero-order chi connectivity index (χ0) is 21.1. The number of morpholine rings is 1. The molecule has 2 fully saturated rings. The Hall–Kier alpha value is -1.92. The Balaban J connectivity index is 1.42. The van der Waals surface area contributed by atoms with Crippen LogP contribution in [0.2, 0.25) is 0 Å². The highest BCUT2D eigenvalue weighted by atomic mass is 32.2. The van der Waals surface area contributed by atoms with Gasteiger partial charge in [0.1, 0.15) is 11.9 Å². The van der Waals surface area contributed by atoms with E-state index >= 15 is 0 Å². The highest BCUT2D eigenvalue weighted by Crippen LogP contribution is 2.28. The quantitative estimate of drug-likeness (QED) is 0.717. The topological polar surface area (TPSA) is 91.8 Å². The Morgan fingerprint density at radius 1 is 1.23 bits per heavy atom. The second-order valence-corrected chi connectivity index (χ2v) is 10.00. The maximum Gasteiger partial charge on any atom is 0.244 e. The van der Waals surface area contributed by atoms with Crippen LogP contribution in [0, 0.1) is 5.82 Å². The normalized spacial score (nSPS) is 21.0. The third-order valence-electron chi connectivity index (χ3n) is 5.20. The standard InChI is InChI=1S/C19H23FN4O4S2/c20-14-3-5-16(6-4-14)30(26,27)24-7-1-2-17(24)18(25)22-19-21-15(13-29-19)12-23-8-10-28-11-9-23/h3-6,13,17H,1-2,7-12H2,(H,21,22,25)/t17-/m0/s1. The first-order valence-corrected chi connectivity index (χ1v) is 12.1. The van der Waals surface area contributed by atoms with E-state index in [1.165, 1.54) is 27.8 Å². The molecule has 0 unspecified atom stereocenters. The van der Waals surface area contributed by atoms with Gasteiger partial charge in [-0.3, -0.25) is 9.69 Å². The van der Waals surface area contributed by atoms with Gasteiger partial charge in [0.05, 0.1) is 23.8 Å². The number of hydrogen-bond donors (Lipinski definition) is 1. The third kappa shape index (κ3) is 4.70. The summed E-state index contributed by atoms with van der Waals surface area (Å²) in [5.41, 5.74) is 0.861. The molecule has 2 aliphatic rings. The molecular weight excluding hydrogens is 431 g/mol. The molecule has 1 amide bonds. The minimum atomic E-state index is -3.89. The van der Waals surface area contributed by atoms with Crippen LogP contribution < -0.4 is 5.32 Å². The van der Waals surface area contributed by atoms with Gasteiger partial charge in [0.15, 0.2) is 5.13 Å². The number of benzene rings is 1. The van der Waals surface area contributed by atoms with Crippen LogP contribution in [0.3, 0.4) is 0 Å². The average molecular weight is 455 g/mol. The number of aromatic nitrogens is 1. The molecule has 3 heterocycles. The van der Waals surface area contributed by atoms with Crippen LogP contribution in [0.15, 0.2) is 34.5 Å². The number of amides is 1. The third-order valence-corrected chi connectivity index (χ3v) is 7.93. The molecule has 0 saturated carbocycles. The average Bonchev–Trinajstić information content (AvgIpc) is 3.39. The molecule has 8 nitrogen and oxygen atoms in total. The van der Waals surface area contributed by atoms with Gasteiger partial charge >= 0.3 is 0 Å². The molecular formula is C19H23FN4O4S2. The van der Waals surface area contributed by atoms with Crippen molar-refractivity contribution in [1.82, 2.24) is 14.2 Å². The monoisotopic (exact) mass is 454 g/mol. The van der Waals surface area contributed by atoms with Crippen molar-refractivity contribution < 1.29 is 22.3 Å². The molecule has 2 aliphatic heterocycles. The zero-order valence-corrected chi connectivity index (χ0v) is 17.9. The van der Waals surface area contributed by atoms with Crippen molar-refractivity contribution >= 4 is 32.4 Å². The Labute approximate surface area is 178 Å². The van der Waals surface area contributed by atoms with Crippen molar-refractivity contribution in [2.45, 2.75) is 30.3 Å². The summed E-state index contributed by atoms with van der Waals surface area (Å²) in [6.45, 7) is 4.03. The van der Waals surface area contributed by atoms with E-state index in [4.69, 9.17) is 4.74 Å². The van der Waals surface area contributed by atoms with Gasteiger partial charge in [-0.15, -0.1) is 11.3 Å². The minimum absolute atomic E-state index is 0.0226. The van der Waals surface area contributed by atoms with Crippen LogP contribution >= 0.6 is 11.3 Å². The molecule has 0 radical (unpaired) electrons. The largest absolute Gasteiger partial charge is 0.379 e. The fourth-order valence-electron chi connectivity index (χ4n) is 3.65. The molecule has 4 rings (SSSR count). The molecule has 2 saturated heterocycles. The first kappa shape index (κ1) is 21.3. The van der Waals surface area contributed by atoms with Crippen molar-refractivity contribution in [3.05, 3.63) is 41.2 Å². The number of thiazole rings is 1. The van der Waals surface area contributed by atoms with E-state index in [-0.39, 0.29) is 11.4 Å². The summed E-state index contributed by atoms with van der Waals surface area (Å²) >= 11 is 1.32. The molecule has 0 aliphatic carbocycles. The molecule has 1 N–H and O–H groups in total. The molecule has 2 aromatic rings. The summed E-state index contributed by atoms with van der Waals surface area (Å²) in [7, 11) is -3.89. The molecule has 1 atom stereocenters. The van der Waals surface area contributed by atoms with Gasteiger partial charge in [0, 0.05) is 31.6 Å². The van der Waals surface area contributed by atoms with E-state index in [2.05, 4.69) is 15.2 Å². The lowest BCUT2D eigenvalue weighted by molar-refractivity contribution is -0.119. The Kier molecular flexibility index (Phi) is 6.44. The van der Waals surface area contributed by atoms with Crippen LogP contribution in [0.4, 0.5) is 9.52 Å². The van der Waals surface area contributed by atoms with Gasteiger partial charge < -0.3 is 10.1 Å². The van der Waals surface area contributed by atoms with Crippen molar-refractivity contribution in [3.8, 4) is 0 Å². The second-order valence-electron chi connectivity index (χ2n) is 7.25. The number of ether oxygens (including phenoxy) is 1. The van der Waals surface area contributed by atoms with Crippen LogP contribution in [-0.2, 0) is 26.1 Å². The highest BCUT2D eigenvalue weighted by molar-refractivity contribution is 7.89. The van der Waals surface area contributed by atoms with Crippen molar-refractivity contribution in [3.63, 3.8) is 0 Å². The van der Waals surface area contributed by atoms with E-state index in [1.807, 2.05) is 5.38 Å². The molecule has 0 bridgehead atoms. The summed E-state index contributed by atoms with van der Waals surface area (Å²) < 4.78 is 45.6. The zero-order valence-electron chi connectivity index (χ0n) is 16.3. The fourth-order valence-corrected chi connectivity index (χ4v) is 6.01. The number of halogens is 1. The molecule has 11 heteroatoms. The predicted octanol–water partition coefficient (Wildman–Crippen LogP) is 1.91. The molecule has 30 heavy (non-hydrogen) atoms. The number of sulfonamides is 1. The lowest BCUT2D eigenvalue weighted by Crippen LogP contribution is -2.43. The van der Waals surface area contributed by atoms with Crippen molar-refractivity contribution in [2.75, 3.05) is 38.2 Å². The van der Waals surface area contributed by atoms with Gasteiger partial charge in [-0.25, -0.2) is 17.8 Å². The van der Waals surface area contributed by atoms with Gasteiger partial charge in [-0.1, -0.05) is 0 Å². The predicted molar refractivity (Wildman–Crippen MR) is 110 cm³/mol. The summed E-state index contributed by atoms with van der Waals surface area (Å²) in [5.74, 6) is -0.910. The molecule has 0 spiro atoms. The van der Waals surface area contributed by atoms with Crippen molar-refractivity contribution in [2.24, 2.45) is 0 Å². The Bertz CT molecular complexity index is 990. The fraction of sp³-hybridized carbons (Fsp3) is 0.474. The smallest absolute Gasteiger partial charge is 0.244 e. The maximum atomic E-state index is 13.2.